The van der Waals surface area contributed by atoms with Crippen LogP contribution in [0.15, 0.2) is 69.2 Å². The van der Waals surface area contributed by atoms with E-state index in [1.165, 1.54) is 43.9 Å². The molecule has 156 valence electrons. The summed E-state index contributed by atoms with van der Waals surface area (Å²) in [7, 11) is -0.651. The van der Waals surface area contributed by atoms with Crippen LogP contribution in [0.25, 0.3) is 0 Å². The van der Waals surface area contributed by atoms with Crippen LogP contribution in [0.5, 0.6) is 0 Å². The fourth-order valence-electron chi connectivity index (χ4n) is 3.98. The molecule has 8 heteroatoms. The third-order valence-electron chi connectivity index (χ3n) is 5.63. The molecule has 1 heterocycles. The van der Waals surface area contributed by atoms with Crippen LogP contribution in [0, 0.1) is 5.92 Å². The first-order valence-electron chi connectivity index (χ1n) is 9.86. The molecule has 0 spiro atoms. The second-order valence-electron chi connectivity index (χ2n) is 7.76. The van der Waals surface area contributed by atoms with Crippen LogP contribution >= 0.6 is 0 Å². The van der Waals surface area contributed by atoms with Crippen molar-refractivity contribution in [3.8, 4) is 0 Å². The molecule has 1 aromatic carbocycles. The van der Waals surface area contributed by atoms with E-state index in [2.05, 4.69) is 10.3 Å². The number of carbonyl (C=O) groups is 2. The molecule has 4 rings (SSSR count). The summed E-state index contributed by atoms with van der Waals surface area (Å²) in [6, 6.07) is 5.69. The molecule has 1 aliphatic heterocycles. The number of aliphatic imine (C=N–C) groups is 1. The highest BCUT2D eigenvalue weighted by Gasteiger charge is 2.33. The van der Waals surface area contributed by atoms with Gasteiger partial charge in [-0.05, 0) is 67.7 Å². The molecule has 2 amide bonds. The van der Waals surface area contributed by atoms with Crippen LogP contribution in [-0.4, -0.2) is 44.3 Å². The number of amides is 2. The van der Waals surface area contributed by atoms with Crippen molar-refractivity contribution in [3.63, 3.8) is 0 Å². The van der Waals surface area contributed by atoms with Crippen LogP contribution in [0.2, 0.25) is 0 Å². The molecule has 0 bridgehead atoms. The van der Waals surface area contributed by atoms with E-state index in [1.54, 1.807) is 12.2 Å². The second kappa shape index (κ2) is 7.77. The molecule has 30 heavy (non-hydrogen) atoms. The Kier molecular flexibility index (Phi) is 5.29. The van der Waals surface area contributed by atoms with Crippen molar-refractivity contribution < 1.29 is 18.0 Å². The Balaban J connectivity index is 1.56. The largest absolute Gasteiger partial charge is 0.325 e. The first-order chi connectivity index (χ1) is 14.3. The normalized spacial score (nSPS) is 22.5. The second-order valence-corrected chi connectivity index (χ2v) is 9.91. The smallest absolute Gasteiger partial charge is 0.277 e. The van der Waals surface area contributed by atoms with E-state index < -0.39 is 15.9 Å². The van der Waals surface area contributed by atoms with Crippen molar-refractivity contribution in [1.29, 1.82) is 0 Å². The maximum absolute atomic E-state index is 12.6. The minimum atomic E-state index is -3.55. The number of hydrogen-bond acceptors (Lipinski definition) is 4. The van der Waals surface area contributed by atoms with E-state index in [9.17, 15) is 18.0 Å². The van der Waals surface area contributed by atoms with Crippen molar-refractivity contribution in [3.05, 3.63) is 64.9 Å². The van der Waals surface area contributed by atoms with Crippen LogP contribution < -0.4 is 5.32 Å². The first-order valence-corrected chi connectivity index (χ1v) is 11.3. The molecule has 0 saturated heterocycles. The zero-order valence-corrected chi connectivity index (χ0v) is 17.7. The maximum atomic E-state index is 12.6. The SMILES string of the molecule is CN(C)S(=O)(=O)c1ccc(C(=O)N=C2C=CC3C(=C2)NC(=O)C2=C3CCCC2)cc1. The highest BCUT2D eigenvalue weighted by molar-refractivity contribution is 7.89. The number of nitrogens with zero attached hydrogens (tertiary/aromatic N) is 2. The number of sulfonamides is 1. The number of fused-ring (bicyclic) bond motifs is 2. The summed E-state index contributed by atoms with van der Waals surface area (Å²) < 4.78 is 25.4. The molecule has 1 N–H and O–H groups in total. The molecule has 2 aliphatic carbocycles. The van der Waals surface area contributed by atoms with Crippen molar-refractivity contribution in [1.82, 2.24) is 9.62 Å². The van der Waals surface area contributed by atoms with E-state index in [-0.39, 0.29) is 16.7 Å². The van der Waals surface area contributed by atoms with Crippen molar-refractivity contribution in [2.24, 2.45) is 10.9 Å². The van der Waals surface area contributed by atoms with Gasteiger partial charge in [0.2, 0.25) is 10.0 Å². The Labute approximate surface area is 175 Å². The molecule has 0 aromatic heterocycles. The Morgan fingerprint density at radius 3 is 2.53 bits per heavy atom. The number of hydrogen-bond donors (Lipinski definition) is 1. The number of carbonyl (C=O) groups excluding carboxylic acids is 2. The lowest BCUT2D eigenvalue weighted by molar-refractivity contribution is -0.117. The summed E-state index contributed by atoms with van der Waals surface area (Å²) in [4.78, 5) is 29.2. The van der Waals surface area contributed by atoms with Gasteiger partial charge in [-0.15, -0.1) is 0 Å². The third kappa shape index (κ3) is 3.68. The van der Waals surface area contributed by atoms with Gasteiger partial charge in [0.1, 0.15) is 0 Å². The summed E-state index contributed by atoms with van der Waals surface area (Å²) in [5.74, 6) is -0.480. The average Bonchev–Trinajstić information content (AvgIpc) is 2.74. The summed E-state index contributed by atoms with van der Waals surface area (Å²) in [5.41, 5.74) is 3.57. The number of allylic oxidation sites excluding steroid dienone is 3. The van der Waals surface area contributed by atoms with Gasteiger partial charge in [-0.2, -0.15) is 0 Å². The van der Waals surface area contributed by atoms with Crippen molar-refractivity contribution in [2.75, 3.05) is 14.1 Å². The van der Waals surface area contributed by atoms with Gasteiger partial charge in [0.25, 0.3) is 11.8 Å². The fourth-order valence-corrected chi connectivity index (χ4v) is 4.88. The number of nitrogens with one attached hydrogen (secondary N) is 1. The Morgan fingerprint density at radius 1 is 1.13 bits per heavy atom. The molecule has 1 atom stereocenters. The summed E-state index contributed by atoms with van der Waals surface area (Å²) in [6.45, 7) is 0. The quantitative estimate of drug-likeness (QED) is 0.805. The standard InChI is InChI=1S/C22H23N3O4S/c1-25(2)30(28,29)16-10-7-14(8-11-16)21(26)23-15-9-12-18-17-5-3-4-6-19(17)22(27)24-20(18)13-15/h7-13,18H,3-6H2,1-2H3,(H,24,27). The molecule has 7 nitrogen and oxygen atoms in total. The lowest BCUT2D eigenvalue weighted by Crippen LogP contribution is -2.37. The summed E-state index contributed by atoms with van der Waals surface area (Å²) in [5, 5.41) is 2.94. The van der Waals surface area contributed by atoms with Crippen LogP contribution in [0.3, 0.4) is 0 Å². The van der Waals surface area contributed by atoms with Gasteiger partial charge in [0.05, 0.1) is 10.6 Å². The fraction of sp³-hybridized carbons (Fsp3) is 0.318. The van der Waals surface area contributed by atoms with E-state index >= 15 is 0 Å². The number of rotatable bonds is 3. The molecule has 0 radical (unpaired) electrons. The minimum Gasteiger partial charge on any atom is -0.325 e. The van der Waals surface area contributed by atoms with Gasteiger partial charge in [0, 0.05) is 36.8 Å². The predicted octanol–water partition coefficient (Wildman–Crippen LogP) is 2.59. The van der Waals surface area contributed by atoms with Crippen LogP contribution in [0.4, 0.5) is 0 Å². The minimum absolute atomic E-state index is 0.0441. The van der Waals surface area contributed by atoms with E-state index in [0.717, 1.165) is 41.3 Å². The van der Waals surface area contributed by atoms with E-state index in [0.29, 0.717) is 11.3 Å². The van der Waals surface area contributed by atoms with Crippen LogP contribution in [-0.2, 0) is 14.8 Å². The van der Waals surface area contributed by atoms with Gasteiger partial charge in [-0.1, -0.05) is 6.08 Å². The van der Waals surface area contributed by atoms with Gasteiger partial charge in [-0.3, -0.25) is 9.59 Å². The molecule has 1 aromatic rings. The lowest BCUT2D eigenvalue weighted by Gasteiger charge is -2.33. The van der Waals surface area contributed by atoms with Crippen molar-refractivity contribution >= 4 is 27.5 Å². The zero-order chi connectivity index (χ0) is 21.5. The Hall–Kier alpha value is -2.84. The molecule has 3 aliphatic rings. The van der Waals surface area contributed by atoms with E-state index in [1.807, 2.05) is 6.08 Å². The summed E-state index contributed by atoms with van der Waals surface area (Å²) >= 11 is 0. The molecule has 0 fully saturated rings. The predicted molar refractivity (Wildman–Crippen MR) is 113 cm³/mol. The van der Waals surface area contributed by atoms with Gasteiger partial charge < -0.3 is 5.32 Å². The van der Waals surface area contributed by atoms with Gasteiger partial charge in [-0.25, -0.2) is 17.7 Å². The van der Waals surface area contributed by atoms with Gasteiger partial charge in [0.15, 0.2) is 0 Å². The maximum Gasteiger partial charge on any atom is 0.277 e. The third-order valence-corrected chi connectivity index (χ3v) is 7.46. The van der Waals surface area contributed by atoms with Crippen molar-refractivity contribution in [2.45, 2.75) is 30.6 Å². The summed E-state index contributed by atoms with van der Waals surface area (Å²) in [6.07, 6.45) is 9.38. The highest BCUT2D eigenvalue weighted by Crippen LogP contribution is 2.38. The van der Waals surface area contributed by atoms with Gasteiger partial charge >= 0.3 is 0 Å². The highest BCUT2D eigenvalue weighted by atomic mass is 32.2. The Morgan fingerprint density at radius 2 is 1.83 bits per heavy atom. The Bertz CT molecular complexity index is 1140. The molecule has 1 unspecified atom stereocenters. The molecular weight excluding hydrogens is 402 g/mol. The van der Waals surface area contributed by atoms with E-state index in [4.69, 9.17) is 0 Å². The topological polar surface area (TPSA) is 95.9 Å². The zero-order valence-electron chi connectivity index (χ0n) is 16.9. The molecular formula is C22H23N3O4S. The monoisotopic (exact) mass is 425 g/mol. The van der Waals surface area contributed by atoms with Crippen LogP contribution in [0.1, 0.15) is 36.0 Å². The lowest BCUT2D eigenvalue weighted by atomic mass is 9.77. The number of benzene rings is 1. The average molecular weight is 426 g/mol. The molecule has 0 saturated carbocycles. The first kappa shape index (κ1) is 20.4.